The minimum Gasteiger partial charge on any atom is -0.314 e. The van der Waals surface area contributed by atoms with E-state index in [4.69, 9.17) is 0 Å². The minimum atomic E-state index is 0.968. The number of hydrogen-bond donors (Lipinski definition) is 1. The molecule has 0 atom stereocenters. The van der Waals surface area contributed by atoms with Gasteiger partial charge < -0.3 is 10.3 Å². The van der Waals surface area contributed by atoms with Gasteiger partial charge in [-0.2, -0.15) is 0 Å². The second-order valence-electron chi connectivity index (χ2n) is 5.45. The zero-order chi connectivity index (χ0) is 14.1. The molecular weight excluding hydrogens is 278 g/mol. The lowest BCUT2D eigenvalue weighted by atomic mass is 10.1. The van der Waals surface area contributed by atoms with Gasteiger partial charge in [0.15, 0.2) is 0 Å². The summed E-state index contributed by atoms with van der Waals surface area (Å²) in [7, 11) is 0. The average Bonchev–Trinajstić information content (AvgIpc) is 2.74. The molecule has 1 saturated heterocycles. The lowest BCUT2D eigenvalue weighted by molar-refractivity contribution is 0.00997. The number of benzene rings is 1. The van der Waals surface area contributed by atoms with E-state index in [-0.39, 0.29) is 0 Å². The summed E-state index contributed by atoms with van der Waals surface area (Å²) in [5.41, 5.74) is 3.97. The van der Waals surface area contributed by atoms with Crippen LogP contribution in [0.3, 0.4) is 0 Å². The first kappa shape index (κ1) is 13.2. The summed E-state index contributed by atoms with van der Waals surface area (Å²) in [6.07, 6.45) is 6.86. The number of rotatable bonds is 1. The highest BCUT2D eigenvalue weighted by Gasteiger charge is 2.24. The molecule has 4 heteroatoms. The molecule has 0 radical (unpaired) electrons. The fourth-order valence-electron chi connectivity index (χ4n) is 3.01. The number of thioether (sulfide) groups is 1. The molecule has 1 N–H and O–H groups in total. The molecule has 3 nitrogen and oxygen atoms in total. The molecule has 108 valence electrons. The maximum Gasteiger partial charge on any atom is 0.0609 e. The van der Waals surface area contributed by atoms with Gasteiger partial charge in [-0.15, -0.1) is 0 Å². The second kappa shape index (κ2) is 5.72. The van der Waals surface area contributed by atoms with Crippen LogP contribution in [-0.2, 0) is 0 Å². The smallest absolute Gasteiger partial charge is 0.0609 e. The van der Waals surface area contributed by atoms with Gasteiger partial charge >= 0.3 is 0 Å². The predicted octanol–water partition coefficient (Wildman–Crippen LogP) is 2.71. The largest absolute Gasteiger partial charge is 0.314 e. The van der Waals surface area contributed by atoms with Crippen molar-refractivity contribution in [2.75, 3.05) is 32.7 Å². The van der Waals surface area contributed by atoms with Gasteiger partial charge in [0.25, 0.3) is 0 Å². The standard InChI is InChI=1S/C17H19N3S/c1-2-6-17-14(4-1)12-16-15(13-21-17)5-3-9-20(16)19-10-7-18-8-11-19/h1-6,12-13,18H,7-11H2. The van der Waals surface area contributed by atoms with Gasteiger partial charge in [-0.05, 0) is 23.1 Å². The third kappa shape index (κ3) is 2.55. The summed E-state index contributed by atoms with van der Waals surface area (Å²) in [5.74, 6) is 0. The van der Waals surface area contributed by atoms with Gasteiger partial charge in [-0.3, -0.25) is 0 Å². The Balaban J connectivity index is 1.74. The number of nitrogens with zero attached hydrogens (tertiary/aromatic N) is 2. The van der Waals surface area contributed by atoms with Crippen molar-refractivity contribution in [1.29, 1.82) is 0 Å². The Morgan fingerprint density at radius 1 is 1.10 bits per heavy atom. The molecule has 4 rings (SSSR count). The SMILES string of the molecule is C1=CC2=CSc3ccccc3C=C2N(N2CCNCC2)C1. The van der Waals surface area contributed by atoms with E-state index >= 15 is 0 Å². The Hall–Kier alpha value is -1.49. The van der Waals surface area contributed by atoms with Crippen molar-refractivity contribution in [3.05, 3.63) is 58.7 Å². The monoisotopic (exact) mass is 297 g/mol. The molecule has 0 amide bonds. The molecule has 0 unspecified atom stereocenters. The van der Waals surface area contributed by atoms with Gasteiger partial charge in [-0.25, -0.2) is 5.01 Å². The van der Waals surface area contributed by atoms with Crippen LogP contribution >= 0.6 is 11.8 Å². The fraction of sp³-hybridized carbons (Fsp3) is 0.294. The quantitative estimate of drug-likeness (QED) is 0.859. The van der Waals surface area contributed by atoms with E-state index in [1.54, 1.807) is 0 Å². The summed E-state index contributed by atoms with van der Waals surface area (Å²) in [6.45, 7) is 5.26. The first-order valence-electron chi connectivity index (χ1n) is 7.49. The highest BCUT2D eigenvalue weighted by molar-refractivity contribution is 8.02. The molecule has 0 bridgehead atoms. The van der Waals surface area contributed by atoms with Crippen molar-refractivity contribution in [3.8, 4) is 0 Å². The van der Waals surface area contributed by atoms with Gasteiger partial charge in [-0.1, -0.05) is 42.1 Å². The molecule has 0 saturated carbocycles. The highest BCUT2D eigenvalue weighted by Crippen LogP contribution is 2.36. The van der Waals surface area contributed by atoms with Gasteiger partial charge in [0.05, 0.1) is 12.2 Å². The lowest BCUT2D eigenvalue weighted by Gasteiger charge is -2.41. The number of fused-ring (bicyclic) bond motifs is 2. The Morgan fingerprint density at radius 3 is 2.86 bits per heavy atom. The summed E-state index contributed by atoms with van der Waals surface area (Å²) < 4.78 is 0. The number of piperazine rings is 1. The first-order valence-corrected chi connectivity index (χ1v) is 8.37. The van der Waals surface area contributed by atoms with Crippen molar-refractivity contribution in [1.82, 2.24) is 15.3 Å². The molecule has 0 aliphatic carbocycles. The van der Waals surface area contributed by atoms with Crippen LogP contribution in [0.25, 0.3) is 6.08 Å². The zero-order valence-corrected chi connectivity index (χ0v) is 12.8. The van der Waals surface area contributed by atoms with Crippen LogP contribution in [0.5, 0.6) is 0 Å². The summed E-state index contributed by atoms with van der Waals surface area (Å²) in [6, 6.07) is 8.64. The van der Waals surface area contributed by atoms with Crippen molar-refractivity contribution in [3.63, 3.8) is 0 Å². The van der Waals surface area contributed by atoms with Crippen LogP contribution in [0.1, 0.15) is 5.56 Å². The number of hydrazine groups is 1. The molecule has 3 aliphatic rings. The molecule has 3 heterocycles. The molecule has 3 aliphatic heterocycles. The van der Waals surface area contributed by atoms with E-state index in [0.29, 0.717) is 0 Å². The first-order chi connectivity index (χ1) is 10.4. The Morgan fingerprint density at radius 2 is 1.95 bits per heavy atom. The molecule has 0 aromatic heterocycles. The van der Waals surface area contributed by atoms with Crippen molar-refractivity contribution in [2.45, 2.75) is 4.90 Å². The van der Waals surface area contributed by atoms with Crippen LogP contribution in [0, 0.1) is 0 Å². The average molecular weight is 297 g/mol. The van der Waals surface area contributed by atoms with Crippen molar-refractivity contribution in [2.24, 2.45) is 0 Å². The third-order valence-electron chi connectivity index (χ3n) is 4.11. The third-order valence-corrected chi connectivity index (χ3v) is 5.11. The molecule has 21 heavy (non-hydrogen) atoms. The van der Waals surface area contributed by atoms with E-state index < -0.39 is 0 Å². The molecule has 1 aromatic rings. The van der Waals surface area contributed by atoms with E-state index in [0.717, 1.165) is 32.7 Å². The molecule has 1 fully saturated rings. The fourth-order valence-corrected chi connectivity index (χ4v) is 3.89. The van der Waals surface area contributed by atoms with Crippen LogP contribution in [-0.4, -0.2) is 42.7 Å². The highest BCUT2D eigenvalue weighted by atomic mass is 32.2. The number of nitrogens with one attached hydrogen (secondary N) is 1. The predicted molar refractivity (Wildman–Crippen MR) is 88.6 cm³/mol. The normalized spacial score (nSPS) is 22.0. The molecule has 0 spiro atoms. The Labute approximate surface area is 130 Å². The second-order valence-corrected chi connectivity index (χ2v) is 6.36. The van der Waals surface area contributed by atoms with Crippen LogP contribution in [0.2, 0.25) is 0 Å². The Bertz CT molecular complexity index is 627. The van der Waals surface area contributed by atoms with Crippen LogP contribution in [0.15, 0.2) is 58.0 Å². The Kier molecular flexibility index (Phi) is 3.59. The summed E-state index contributed by atoms with van der Waals surface area (Å²) >= 11 is 1.82. The van der Waals surface area contributed by atoms with E-state index in [1.807, 2.05) is 11.8 Å². The van der Waals surface area contributed by atoms with Crippen LogP contribution in [0.4, 0.5) is 0 Å². The van der Waals surface area contributed by atoms with Crippen molar-refractivity contribution >= 4 is 17.8 Å². The van der Waals surface area contributed by atoms with E-state index in [1.165, 1.54) is 21.7 Å². The minimum absolute atomic E-state index is 0.968. The van der Waals surface area contributed by atoms with Crippen molar-refractivity contribution < 1.29 is 0 Å². The molecular formula is C17H19N3S. The van der Waals surface area contributed by atoms with Crippen LogP contribution < -0.4 is 5.32 Å². The maximum absolute atomic E-state index is 3.43. The number of allylic oxidation sites excluding steroid dienone is 1. The molecule has 1 aromatic carbocycles. The lowest BCUT2D eigenvalue weighted by Crippen LogP contribution is -2.52. The number of hydrogen-bond acceptors (Lipinski definition) is 4. The van der Waals surface area contributed by atoms with E-state index in [2.05, 4.69) is 63.2 Å². The van der Waals surface area contributed by atoms with E-state index in [9.17, 15) is 0 Å². The van der Waals surface area contributed by atoms with Gasteiger partial charge in [0.1, 0.15) is 0 Å². The summed E-state index contributed by atoms with van der Waals surface area (Å²) in [5, 5.41) is 10.6. The zero-order valence-electron chi connectivity index (χ0n) is 12.0. The van der Waals surface area contributed by atoms with Gasteiger partial charge in [0, 0.05) is 36.6 Å². The maximum atomic E-state index is 3.43. The summed E-state index contributed by atoms with van der Waals surface area (Å²) in [4.78, 5) is 1.33. The van der Waals surface area contributed by atoms with Gasteiger partial charge in [0.2, 0.25) is 0 Å². The topological polar surface area (TPSA) is 18.5 Å².